The van der Waals surface area contributed by atoms with Gasteiger partial charge in [0, 0.05) is 17.7 Å². The first-order valence-corrected chi connectivity index (χ1v) is 8.02. The van der Waals surface area contributed by atoms with Crippen LogP contribution in [0.3, 0.4) is 0 Å². The van der Waals surface area contributed by atoms with Gasteiger partial charge in [-0.2, -0.15) is 5.10 Å². The van der Waals surface area contributed by atoms with E-state index in [0.717, 1.165) is 5.56 Å². The number of non-ortho nitro benzene ring substituents is 1. The number of nitro benzene ring substituents is 1. The molecule has 0 aliphatic rings. The average Bonchev–Trinajstić information content (AvgIpc) is 2.64. The lowest BCUT2D eigenvalue weighted by molar-refractivity contribution is -0.384. The highest BCUT2D eigenvalue weighted by atomic mass is 16.6. The van der Waals surface area contributed by atoms with Gasteiger partial charge in [0.25, 0.3) is 11.6 Å². The Hall–Kier alpha value is -3.42. The van der Waals surface area contributed by atoms with Crippen molar-refractivity contribution in [3.63, 3.8) is 0 Å². The second kappa shape index (κ2) is 9.16. The second-order valence-electron chi connectivity index (χ2n) is 5.08. The molecule has 136 valence electrons. The predicted molar refractivity (Wildman–Crippen MR) is 96.9 cm³/mol. The van der Waals surface area contributed by atoms with Crippen LogP contribution in [0, 0.1) is 10.1 Å². The fourth-order valence-corrected chi connectivity index (χ4v) is 2.11. The highest BCUT2D eigenvalue weighted by Gasteiger charge is 2.09. The van der Waals surface area contributed by atoms with Crippen LogP contribution in [-0.2, 0) is 0 Å². The Morgan fingerprint density at radius 3 is 2.38 bits per heavy atom. The molecule has 8 heteroatoms. The SMILES string of the molecule is CCOc1ccc(/C=N\NC(=O)c2ccc([N+](=O)[O-])cc2)cc1OCC. The highest BCUT2D eigenvalue weighted by molar-refractivity contribution is 5.95. The maximum Gasteiger partial charge on any atom is 0.271 e. The number of rotatable bonds is 8. The summed E-state index contributed by atoms with van der Waals surface area (Å²) in [5, 5.41) is 14.5. The van der Waals surface area contributed by atoms with E-state index in [9.17, 15) is 14.9 Å². The van der Waals surface area contributed by atoms with Gasteiger partial charge in [-0.05, 0) is 49.7 Å². The maximum absolute atomic E-state index is 12.0. The molecular formula is C18H19N3O5. The molecule has 0 unspecified atom stereocenters. The summed E-state index contributed by atoms with van der Waals surface area (Å²) >= 11 is 0. The third kappa shape index (κ3) is 5.04. The lowest BCUT2D eigenvalue weighted by Crippen LogP contribution is -2.17. The number of ether oxygens (including phenoxy) is 2. The zero-order chi connectivity index (χ0) is 18.9. The van der Waals surface area contributed by atoms with E-state index in [1.807, 2.05) is 13.8 Å². The first-order valence-electron chi connectivity index (χ1n) is 8.02. The molecule has 1 amide bonds. The number of nitrogens with one attached hydrogen (secondary N) is 1. The Kier molecular flexibility index (Phi) is 6.67. The molecule has 2 rings (SSSR count). The van der Waals surface area contributed by atoms with Crippen molar-refractivity contribution in [3.05, 3.63) is 63.7 Å². The van der Waals surface area contributed by atoms with Crippen molar-refractivity contribution in [1.29, 1.82) is 0 Å². The van der Waals surface area contributed by atoms with Crippen LogP contribution >= 0.6 is 0 Å². The van der Waals surface area contributed by atoms with Crippen LogP contribution in [0.25, 0.3) is 0 Å². The number of hydrogen-bond acceptors (Lipinski definition) is 6. The van der Waals surface area contributed by atoms with Crippen LogP contribution < -0.4 is 14.9 Å². The molecular weight excluding hydrogens is 338 g/mol. The van der Waals surface area contributed by atoms with Crippen molar-refractivity contribution >= 4 is 17.8 Å². The Bertz CT molecular complexity index is 803. The number of hydrogen-bond donors (Lipinski definition) is 1. The average molecular weight is 357 g/mol. The van der Waals surface area contributed by atoms with Crippen molar-refractivity contribution < 1.29 is 19.2 Å². The topological polar surface area (TPSA) is 103 Å². The summed E-state index contributed by atoms with van der Waals surface area (Å²) in [7, 11) is 0. The minimum Gasteiger partial charge on any atom is -0.490 e. The number of amides is 1. The fraction of sp³-hybridized carbons (Fsp3) is 0.222. The molecule has 0 aromatic heterocycles. The molecule has 0 spiro atoms. The van der Waals surface area contributed by atoms with Crippen LogP contribution in [0.2, 0.25) is 0 Å². The van der Waals surface area contributed by atoms with Gasteiger partial charge >= 0.3 is 0 Å². The molecule has 0 fully saturated rings. The van der Waals surface area contributed by atoms with E-state index < -0.39 is 10.8 Å². The molecule has 8 nitrogen and oxygen atoms in total. The van der Waals surface area contributed by atoms with Crippen molar-refractivity contribution in [3.8, 4) is 11.5 Å². The zero-order valence-electron chi connectivity index (χ0n) is 14.5. The summed E-state index contributed by atoms with van der Waals surface area (Å²) in [6.45, 7) is 4.79. The molecule has 0 saturated carbocycles. The van der Waals surface area contributed by atoms with Crippen LogP contribution in [-0.4, -0.2) is 30.3 Å². The molecule has 2 aromatic carbocycles. The van der Waals surface area contributed by atoms with Crippen molar-refractivity contribution in [2.75, 3.05) is 13.2 Å². The molecule has 2 aromatic rings. The van der Waals surface area contributed by atoms with Gasteiger partial charge in [-0.1, -0.05) is 0 Å². The fourth-order valence-electron chi connectivity index (χ4n) is 2.11. The first-order chi connectivity index (χ1) is 12.5. The third-order valence-corrected chi connectivity index (χ3v) is 3.29. The summed E-state index contributed by atoms with van der Waals surface area (Å²) < 4.78 is 11.0. The molecule has 0 atom stereocenters. The van der Waals surface area contributed by atoms with Crippen LogP contribution in [0.4, 0.5) is 5.69 Å². The first kappa shape index (κ1) is 18.9. The molecule has 0 aliphatic carbocycles. The number of carbonyl (C=O) groups excluding carboxylic acids is 1. The Morgan fingerprint density at radius 2 is 1.77 bits per heavy atom. The van der Waals surface area contributed by atoms with E-state index >= 15 is 0 Å². The van der Waals surface area contributed by atoms with Crippen molar-refractivity contribution in [1.82, 2.24) is 5.43 Å². The number of nitro groups is 1. The van der Waals surface area contributed by atoms with Gasteiger partial charge < -0.3 is 9.47 Å². The standard InChI is InChI=1S/C18H19N3O5/c1-3-25-16-10-5-13(11-17(16)26-4-2)12-19-20-18(22)14-6-8-15(9-7-14)21(23)24/h5-12H,3-4H2,1-2H3,(H,20,22)/b19-12-. The highest BCUT2D eigenvalue weighted by Crippen LogP contribution is 2.27. The lowest BCUT2D eigenvalue weighted by Gasteiger charge is -2.11. The van der Waals surface area contributed by atoms with Gasteiger partial charge in [0.1, 0.15) is 0 Å². The molecule has 0 heterocycles. The summed E-state index contributed by atoms with van der Waals surface area (Å²) in [6, 6.07) is 10.6. The van der Waals surface area contributed by atoms with E-state index in [0.29, 0.717) is 24.7 Å². The van der Waals surface area contributed by atoms with E-state index in [1.54, 1.807) is 18.2 Å². The summed E-state index contributed by atoms with van der Waals surface area (Å²) in [5.74, 6) is 0.772. The van der Waals surface area contributed by atoms with Crippen LogP contribution in [0.5, 0.6) is 11.5 Å². The lowest BCUT2D eigenvalue weighted by atomic mass is 10.2. The number of carbonyl (C=O) groups is 1. The molecule has 0 radical (unpaired) electrons. The quantitative estimate of drug-likeness (QED) is 0.444. The molecule has 0 bridgehead atoms. The summed E-state index contributed by atoms with van der Waals surface area (Å²) in [4.78, 5) is 22.1. The van der Waals surface area contributed by atoms with E-state index in [2.05, 4.69) is 10.5 Å². The molecule has 0 aliphatic heterocycles. The normalized spacial score (nSPS) is 10.5. The summed E-state index contributed by atoms with van der Waals surface area (Å²) in [6.07, 6.45) is 1.47. The van der Waals surface area contributed by atoms with Gasteiger partial charge in [-0.25, -0.2) is 5.43 Å². The van der Waals surface area contributed by atoms with E-state index in [4.69, 9.17) is 9.47 Å². The maximum atomic E-state index is 12.0. The zero-order valence-corrected chi connectivity index (χ0v) is 14.5. The Balaban J connectivity index is 2.03. The predicted octanol–water partition coefficient (Wildman–Crippen LogP) is 3.16. The number of hydrazone groups is 1. The van der Waals surface area contributed by atoms with Gasteiger partial charge in [-0.3, -0.25) is 14.9 Å². The third-order valence-electron chi connectivity index (χ3n) is 3.29. The number of nitrogens with zero attached hydrogens (tertiary/aromatic N) is 2. The Morgan fingerprint density at radius 1 is 1.12 bits per heavy atom. The van der Waals surface area contributed by atoms with E-state index in [1.165, 1.54) is 30.5 Å². The van der Waals surface area contributed by atoms with Crippen molar-refractivity contribution in [2.45, 2.75) is 13.8 Å². The van der Waals surface area contributed by atoms with E-state index in [-0.39, 0.29) is 11.3 Å². The van der Waals surface area contributed by atoms with Gasteiger partial charge in [-0.15, -0.1) is 0 Å². The van der Waals surface area contributed by atoms with Gasteiger partial charge in [0.2, 0.25) is 0 Å². The minimum absolute atomic E-state index is 0.0807. The van der Waals surface area contributed by atoms with Gasteiger partial charge in [0.15, 0.2) is 11.5 Å². The minimum atomic E-state index is -0.526. The summed E-state index contributed by atoms with van der Waals surface area (Å²) in [5.41, 5.74) is 3.29. The largest absolute Gasteiger partial charge is 0.490 e. The van der Waals surface area contributed by atoms with Crippen molar-refractivity contribution in [2.24, 2.45) is 5.10 Å². The Labute approximate surface area is 150 Å². The molecule has 0 saturated heterocycles. The van der Waals surface area contributed by atoms with Crippen LogP contribution in [0.1, 0.15) is 29.8 Å². The smallest absolute Gasteiger partial charge is 0.271 e. The second-order valence-corrected chi connectivity index (χ2v) is 5.08. The monoisotopic (exact) mass is 357 g/mol. The molecule has 26 heavy (non-hydrogen) atoms. The molecule has 1 N–H and O–H groups in total. The number of benzene rings is 2. The van der Waals surface area contributed by atoms with Gasteiger partial charge in [0.05, 0.1) is 24.4 Å². The van der Waals surface area contributed by atoms with Crippen LogP contribution in [0.15, 0.2) is 47.6 Å².